The van der Waals surface area contributed by atoms with Crippen molar-refractivity contribution in [2.45, 2.75) is 58.7 Å². The maximum atomic E-state index is 5.83. The summed E-state index contributed by atoms with van der Waals surface area (Å²) in [5.41, 5.74) is 2.74. The Labute approximate surface area is 115 Å². The lowest BCUT2D eigenvalue weighted by molar-refractivity contribution is 0.0831. The van der Waals surface area contributed by atoms with Crippen molar-refractivity contribution in [3.63, 3.8) is 0 Å². The van der Waals surface area contributed by atoms with Gasteiger partial charge in [-0.2, -0.15) is 0 Å². The SMILES string of the molecule is CCc1nc2c(n1CC1CCOC1CC)CCNC2. The Balaban J connectivity index is 1.85. The Morgan fingerprint density at radius 3 is 3.11 bits per heavy atom. The average Bonchev–Trinajstić information content (AvgIpc) is 3.04. The van der Waals surface area contributed by atoms with Crippen molar-refractivity contribution in [2.24, 2.45) is 5.92 Å². The van der Waals surface area contributed by atoms with Crippen LogP contribution in [0.1, 0.15) is 43.9 Å². The van der Waals surface area contributed by atoms with E-state index in [2.05, 4.69) is 23.7 Å². The zero-order chi connectivity index (χ0) is 13.2. The first kappa shape index (κ1) is 13.1. The van der Waals surface area contributed by atoms with Crippen LogP contribution >= 0.6 is 0 Å². The maximum Gasteiger partial charge on any atom is 0.108 e. The summed E-state index contributed by atoms with van der Waals surface area (Å²) in [5, 5.41) is 3.42. The first-order chi connectivity index (χ1) is 9.33. The van der Waals surface area contributed by atoms with Gasteiger partial charge in [-0.15, -0.1) is 0 Å². The van der Waals surface area contributed by atoms with E-state index in [0.29, 0.717) is 12.0 Å². The monoisotopic (exact) mass is 263 g/mol. The number of nitrogens with one attached hydrogen (secondary N) is 1. The van der Waals surface area contributed by atoms with E-state index in [-0.39, 0.29) is 0 Å². The van der Waals surface area contributed by atoms with Gasteiger partial charge in [0.05, 0.1) is 11.8 Å². The van der Waals surface area contributed by atoms with Gasteiger partial charge in [-0.3, -0.25) is 0 Å². The first-order valence-electron chi connectivity index (χ1n) is 7.73. The molecule has 2 unspecified atom stereocenters. The van der Waals surface area contributed by atoms with E-state index >= 15 is 0 Å². The van der Waals surface area contributed by atoms with Crippen LogP contribution in [0.5, 0.6) is 0 Å². The predicted octanol–water partition coefficient (Wildman–Crippen LogP) is 1.91. The lowest BCUT2D eigenvalue weighted by atomic mass is 9.99. The zero-order valence-corrected chi connectivity index (χ0v) is 12.1. The van der Waals surface area contributed by atoms with Crippen LogP contribution in [-0.2, 0) is 30.7 Å². The molecule has 0 bridgehead atoms. The van der Waals surface area contributed by atoms with Crippen LogP contribution in [0.25, 0.3) is 0 Å². The van der Waals surface area contributed by atoms with Crippen molar-refractivity contribution in [3.05, 3.63) is 17.2 Å². The molecule has 0 spiro atoms. The van der Waals surface area contributed by atoms with Crippen molar-refractivity contribution in [3.8, 4) is 0 Å². The summed E-state index contributed by atoms with van der Waals surface area (Å²) < 4.78 is 8.33. The molecule has 0 aliphatic carbocycles. The molecule has 2 aliphatic rings. The van der Waals surface area contributed by atoms with E-state index in [1.165, 1.54) is 23.6 Å². The summed E-state index contributed by atoms with van der Waals surface area (Å²) in [7, 11) is 0. The predicted molar refractivity (Wildman–Crippen MR) is 75.2 cm³/mol. The summed E-state index contributed by atoms with van der Waals surface area (Å²) in [6.07, 6.45) is 4.92. The highest BCUT2D eigenvalue weighted by Crippen LogP contribution is 2.27. The molecule has 0 radical (unpaired) electrons. The molecular weight excluding hydrogens is 238 g/mol. The van der Waals surface area contributed by atoms with Crippen LogP contribution in [0.3, 0.4) is 0 Å². The van der Waals surface area contributed by atoms with E-state index in [1.54, 1.807) is 0 Å². The van der Waals surface area contributed by atoms with Crippen molar-refractivity contribution in [2.75, 3.05) is 13.2 Å². The molecule has 0 aromatic carbocycles. The molecule has 1 aromatic rings. The fourth-order valence-corrected chi connectivity index (χ4v) is 3.50. The molecule has 2 aliphatic heterocycles. The van der Waals surface area contributed by atoms with Gasteiger partial charge in [-0.1, -0.05) is 13.8 Å². The van der Waals surface area contributed by atoms with Crippen molar-refractivity contribution in [1.29, 1.82) is 0 Å². The third-order valence-corrected chi connectivity index (χ3v) is 4.55. The van der Waals surface area contributed by atoms with Crippen molar-refractivity contribution >= 4 is 0 Å². The molecule has 1 aromatic heterocycles. The molecule has 3 rings (SSSR count). The van der Waals surface area contributed by atoms with E-state index in [1.807, 2.05) is 0 Å². The van der Waals surface area contributed by atoms with Gasteiger partial charge in [-0.25, -0.2) is 4.98 Å². The standard InChI is InChI=1S/C15H25N3O/c1-3-14-11(6-8-19-14)10-18-13-5-7-16-9-12(13)17-15(18)4-2/h11,14,16H,3-10H2,1-2H3. The smallest absolute Gasteiger partial charge is 0.108 e. The van der Waals surface area contributed by atoms with Gasteiger partial charge in [0.25, 0.3) is 0 Å². The summed E-state index contributed by atoms with van der Waals surface area (Å²) in [5.74, 6) is 1.93. The molecule has 0 saturated carbocycles. The number of nitrogens with zero attached hydrogens (tertiary/aromatic N) is 2. The zero-order valence-electron chi connectivity index (χ0n) is 12.1. The average molecular weight is 263 g/mol. The van der Waals surface area contributed by atoms with E-state index in [9.17, 15) is 0 Å². The van der Waals surface area contributed by atoms with E-state index < -0.39 is 0 Å². The molecule has 1 N–H and O–H groups in total. The van der Waals surface area contributed by atoms with Gasteiger partial charge in [0.15, 0.2) is 0 Å². The molecule has 106 valence electrons. The topological polar surface area (TPSA) is 39.1 Å². The van der Waals surface area contributed by atoms with Gasteiger partial charge in [-0.05, 0) is 12.8 Å². The number of hydrogen-bond donors (Lipinski definition) is 1. The van der Waals surface area contributed by atoms with Crippen LogP contribution in [-0.4, -0.2) is 28.8 Å². The van der Waals surface area contributed by atoms with Crippen LogP contribution in [0.15, 0.2) is 0 Å². The lowest BCUT2D eigenvalue weighted by Gasteiger charge is -2.21. The van der Waals surface area contributed by atoms with E-state index in [4.69, 9.17) is 9.72 Å². The second-order valence-electron chi connectivity index (χ2n) is 5.68. The molecule has 0 amide bonds. The molecular formula is C15H25N3O. The third-order valence-electron chi connectivity index (χ3n) is 4.55. The second-order valence-corrected chi connectivity index (χ2v) is 5.68. The number of hydrogen-bond acceptors (Lipinski definition) is 3. The lowest BCUT2D eigenvalue weighted by Crippen LogP contribution is -2.27. The highest BCUT2D eigenvalue weighted by atomic mass is 16.5. The number of aryl methyl sites for hydroxylation is 1. The highest BCUT2D eigenvalue weighted by molar-refractivity contribution is 5.20. The Bertz CT molecular complexity index is 441. The van der Waals surface area contributed by atoms with Crippen LogP contribution in [0.2, 0.25) is 0 Å². The minimum atomic E-state index is 0.449. The normalized spacial score (nSPS) is 26.6. The second kappa shape index (κ2) is 5.63. The molecule has 2 atom stereocenters. The minimum Gasteiger partial charge on any atom is -0.378 e. The van der Waals surface area contributed by atoms with Gasteiger partial charge in [0.1, 0.15) is 5.82 Å². The molecule has 19 heavy (non-hydrogen) atoms. The van der Waals surface area contributed by atoms with Crippen LogP contribution in [0, 0.1) is 5.92 Å². The van der Waals surface area contributed by atoms with Crippen molar-refractivity contribution < 1.29 is 4.74 Å². The fraction of sp³-hybridized carbons (Fsp3) is 0.800. The van der Waals surface area contributed by atoms with Crippen molar-refractivity contribution in [1.82, 2.24) is 14.9 Å². The molecule has 3 heterocycles. The third kappa shape index (κ3) is 2.43. The Morgan fingerprint density at radius 1 is 1.42 bits per heavy atom. The Morgan fingerprint density at radius 2 is 2.32 bits per heavy atom. The molecule has 4 nitrogen and oxygen atoms in total. The minimum absolute atomic E-state index is 0.449. The van der Waals surface area contributed by atoms with Gasteiger partial charge in [0.2, 0.25) is 0 Å². The fourth-order valence-electron chi connectivity index (χ4n) is 3.50. The number of aromatic nitrogens is 2. The number of fused-ring (bicyclic) bond motifs is 1. The Hall–Kier alpha value is -0.870. The summed E-state index contributed by atoms with van der Waals surface area (Å²) in [4.78, 5) is 4.82. The first-order valence-corrected chi connectivity index (χ1v) is 7.73. The van der Waals surface area contributed by atoms with Crippen LogP contribution in [0.4, 0.5) is 0 Å². The van der Waals surface area contributed by atoms with Crippen LogP contribution < -0.4 is 5.32 Å². The number of rotatable bonds is 4. The Kier molecular flexibility index (Phi) is 3.89. The molecule has 4 heteroatoms. The quantitative estimate of drug-likeness (QED) is 0.902. The van der Waals surface area contributed by atoms with Gasteiger partial charge < -0.3 is 14.6 Å². The molecule has 1 fully saturated rings. The highest BCUT2D eigenvalue weighted by Gasteiger charge is 2.29. The largest absolute Gasteiger partial charge is 0.378 e. The summed E-state index contributed by atoms with van der Waals surface area (Å²) in [6.45, 7) is 8.50. The summed E-state index contributed by atoms with van der Waals surface area (Å²) in [6, 6.07) is 0. The number of imidazole rings is 1. The van der Waals surface area contributed by atoms with Gasteiger partial charge >= 0.3 is 0 Å². The number of ether oxygens (including phenoxy) is 1. The molecule has 1 saturated heterocycles. The van der Waals surface area contributed by atoms with E-state index in [0.717, 1.165) is 45.5 Å². The maximum absolute atomic E-state index is 5.83. The summed E-state index contributed by atoms with van der Waals surface area (Å²) >= 11 is 0. The van der Waals surface area contributed by atoms with Gasteiger partial charge in [0, 0.05) is 50.7 Å².